The minimum atomic E-state index is -0.195. The van der Waals surface area contributed by atoms with E-state index in [1.807, 2.05) is 6.92 Å². The molecule has 0 radical (unpaired) electrons. The van der Waals surface area contributed by atoms with Gasteiger partial charge in [0.1, 0.15) is 0 Å². The Labute approximate surface area is 119 Å². The summed E-state index contributed by atoms with van der Waals surface area (Å²) in [5, 5.41) is 9.59. The van der Waals surface area contributed by atoms with Crippen molar-refractivity contribution in [2.45, 2.75) is 64.5 Å². The Morgan fingerprint density at radius 1 is 1.16 bits per heavy atom. The molecule has 3 nitrogen and oxygen atoms in total. The van der Waals surface area contributed by atoms with E-state index < -0.39 is 0 Å². The van der Waals surface area contributed by atoms with E-state index in [0.29, 0.717) is 6.04 Å². The molecule has 0 aromatic carbocycles. The molecule has 2 atom stereocenters. The van der Waals surface area contributed by atoms with E-state index in [9.17, 15) is 5.11 Å². The lowest BCUT2D eigenvalue weighted by atomic mass is 9.88. The van der Waals surface area contributed by atoms with Gasteiger partial charge < -0.3 is 10.0 Å². The lowest BCUT2D eigenvalue weighted by molar-refractivity contribution is 0.0287. The van der Waals surface area contributed by atoms with Gasteiger partial charge in [0.05, 0.1) is 6.10 Å². The molecule has 19 heavy (non-hydrogen) atoms. The molecule has 3 heteroatoms. The minimum Gasteiger partial charge on any atom is -0.392 e. The highest BCUT2D eigenvalue weighted by molar-refractivity contribution is 4.83. The zero-order valence-corrected chi connectivity index (χ0v) is 12.9. The summed E-state index contributed by atoms with van der Waals surface area (Å²) >= 11 is 0. The number of hydrogen-bond acceptors (Lipinski definition) is 3. The van der Waals surface area contributed by atoms with Crippen molar-refractivity contribution in [1.82, 2.24) is 9.80 Å². The van der Waals surface area contributed by atoms with Crippen LogP contribution in [0.15, 0.2) is 0 Å². The zero-order valence-electron chi connectivity index (χ0n) is 12.9. The highest BCUT2D eigenvalue weighted by Gasteiger charge is 2.27. The Morgan fingerprint density at radius 2 is 1.89 bits per heavy atom. The van der Waals surface area contributed by atoms with E-state index in [2.05, 4.69) is 16.7 Å². The van der Waals surface area contributed by atoms with Crippen LogP contribution >= 0.6 is 0 Å². The monoisotopic (exact) mass is 268 g/mol. The van der Waals surface area contributed by atoms with E-state index >= 15 is 0 Å². The second-order valence-corrected chi connectivity index (χ2v) is 6.67. The molecule has 1 heterocycles. The summed E-state index contributed by atoms with van der Waals surface area (Å²) in [5.41, 5.74) is 0. The van der Waals surface area contributed by atoms with Crippen molar-refractivity contribution in [1.29, 1.82) is 0 Å². The van der Waals surface area contributed by atoms with Gasteiger partial charge in [0.25, 0.3) is 0 Å². The second-order valence-electron chi connectivity index (χ2n) is 6.67. The van der Waals surface area contributed by atoms with Gasteiger partial charge in [-0.25, -0.2) is 0 Å². The first-order chi connectivity index (χ1) is 9.19. The van der Waals surface area contributed by atoms with E-state index in [1.54, 1.807) is 0 Å². The smallest absolute Gasteiger partial charge is 0.0639 e. The fraction of sp³-hybridized carbons (Fsp3) is 1.00. The van der Waals surface area contributed by atoms with Crippen molar-refractivity contribution < 1.29 is 5.11 Å². The first-order valence-electron chi connectivity index (χ1n) is 8.33. The van der Waals surface area contributed by atoms with Crippen molar-refractivity contribution in [3.05, 3.63) is 0 Å². The Bertz CT molecular complexity index is 251. The topological polar surface area (TPSA) is 26.7 Å². The number of aliphatic hydroxyl groups is 1. The van der Waals surface area contributed by atoms with E-state index in [0.717, 1.165) is 19.0 Å². The maximum absolute atomic E-state index is 9.59. The van der Waals surface area contributed by atoms with Crippen molar-refractivity contribution in [3.8, 4) is 0 Å². The van der Waals surface area contributed by atoms with Crippen molar-refractivity contribution in [2.75, 3.05) is 32.7 Å². The number of hydrogen-bond donors (Lipinski definition) is 1. The summed E-state index contributed by atoms with van der Waals surface area (Å²) in [7, 11) is 0. The SMILES string of the molecule is CC[C@@H]1CN(CC2CCCCC2)CCN1C[C@@H](C)O. The van der Waals surface area contributed by atoms with Crippen LogP contribution in [0, 0.1) is 5.92 Å². The van der Waals surface area contributed by atoms with E-state index in [-0.39, 0.29) is 6.10 Å². The third-order valence-electron chi connectivity index (χ3n) is 4.90. The van der Waals surface area contributed by atoms with Gasteiger partial charge in [-0.1, -0.05) is 26.2 Å². The molecule has 1 N–H and O–H groups in total. The molecule has 0 unspecified atom stereocenters. The average molecular weight is 268 g/mol. The first kappa shape index (κ1) is 15.3. The predicted octanol–water partition coefficient (Wildman–Crippen LogP) is 2.34. The van der Waals surface area contributed by atoms with Crippen LogP contribution in [0.5, 0.6) is 0 Å². The molecular formula is C16H32N2O. The number of aliphatic hydroxyl groups excluding tert-OH is 1. The lowest BCUT2D eigenvalue weighted by Crippen LogP contribution is -2.55. The van der Waals surface area contributed by atoms with Crippen molar-refractivity contribution in [3.63, 3.8) is 0 Å². The van der Waals surface area contributed by atoms with Crippen LogP contribution in [0.2, 0.25) is 0 Å². The van der Waals surface area contributed by atoms with Crippen LogP contribution in [0.1, 0.15) is 52.4 Å². The molecule has 0 aromatic rings. The molecule has 0 aromatic heterocycles. The van der Waals surface area contributed by atoms with Gasteiger partial charge in [0.2, 0.25) is 0 Å². The summed E-state index contributed by atoms with van der Waals surface area (Å²) in [4.78, 5) is 5.17. The molecule has 0 amide bonds. The third-order valence-corrected chi connectivity index (χ3v) is 4.90. The Balaban J connectivity index is 1.78. The highest BCUT2D eigenvalue weighted by atomic mass is 16.3. The van der Waals surface area contributed by atoms with Crippen LogP contribution in [0.4, 0.5) is 0 Å². The average Bonchev–Trinajstić information content (AvgIpc) is 2.41. The van der Waals surface area contributed by atoms with Gasteiger partial charge in [0.15, 0.2) is 0 Å². The summed E-state index contributed by atoms with van der Waals surface area (Å²) in [6.45, 7) is 9.88. The van der Waals surface area contributed by atoms with Crippen LogP contribution in [-0.2, 0) is 0 Å². The quantitative estimate of drug-likeness (QED) is 0.829. The van der Waals surface area contributed by atoms with Gasteiger partial charge in [-0.3, -0.25) is 4.90 Å². The minimum absolute atomic E-state index is 0.195. The maximum atomic E-state index is 9.59. The van der Waals surface area contributed by atoms with Gasteiger partial charge in [-0.05, 0) is 32.1 Å². The van der Waals surface area contributed by atoms with Crippen LogP contribution in [-0.4, -0.2) is 59.8 Å². The summed E-state index contributed by atoms with van der Waals surface area (Å²) in [5.74, 6) is 0.953. The van der Waals surface area contributed by atoms with E-state index in [1.165, 1.54) is 58.2 Å². The van der Waals surface area contributed by atoms with Crippen LogP contribution < -0.4 is 0 Å². The lowest BCUT2D eigenvalue weighted by Gasteiger charge is -2.43. The summed E-state index contributed by atoms with van der Waals surface area (Å²) < 4.78 is 0. The van der Waals surface area contributed by atoms with Crippen LogP contribution in [0.3, 0.4) is 0 Å². The summed E-state index contributed by atoms with van der Waals surface area (Å²) in [6, 6.07) is 0.645. The zero-order chi connectivity index (χ0) is 13.7. The largest absolute Gasteiger partial charge is 0.392 e. The molecule has 112 valence electrons. The number of rotatable bonds is 5. The van der Waals surface area contributed by atoms with Gasteiger partial charge in [0, 0.05) is 38.8 Å². The molecule has 2 aliphatic rings. The first-order valence-corrected chi connectivity index (χ1v) is 8.33. The van der Waals surface area contributed by atoms with Crippen molar-refractivity contribution in [2.24, 2.45) is 5.92 Å². The molecule has 1 aliphatic carbocycles. The number of β-amino-alcohol motifs (C(OH)–C–C–N with tert-alkyl or cyclic N) is 1. The Morgan fingerprint density at radius 3 is 2.53 bits per heavy atom. The van der Waals surface area contributed by atoms with Gasteiger partial charge in [-0.2, -0.15) is 0 Å². The van der Waals surface area contributed by atoms with Gasteiger partial charge >= 0.3 is 0 Å². The van der Waals surface area contributed by atoms with Crippen LogP contribution in [0.25, 0.3) is 0 Å². The Kier molecular flexibility index (Phi) is 6.11. The normalized spacial score (nSPS) is 29.5. The maximum Gasteiger partial charge on any atom is 0.0639 e. The molecule has 1 saturated carbocycles. The molecule has 2 fully saturated rings. The number of nitrogens with zero attached hydrogens (tertiary/aromatic N) is 2. The third kappa shape index (κ3) is 4.73. The highest BCUT2D eigenvalue weighted by Crippen LogP contribution is 2.25. The Hall–Kier alpha value is -0.120. The molecule has 1 saturated heterocycles. The molecule has 1 aliphatic heterocycles. The molecule has 2 rings (SSSR count). The standard InChI is InChI=1S/C16H32N2O/c1-3-16-13-17(9-10-18(16)11-14(2)19)12-15-7-5-4-6-8-15/h14-16,19H,3-13H2,1-2H3/t14-,16-/m1/s1. The predicted molar refractivity (Wildman–Crippen MR) is 80.3 cm³/mol. The fourth-order valence-corrected chi connectivity index (χ4v) is 3.82. The second kappa shape index (κ2) is 7.61. The molecular weight excluding hydrogens is 236 g/mol. The number of piperazine rings is 1. The molecule has 0 bridgehead atoms. The summed E-state index contributed by atoms with van der Waals surface area (Å²) in [6.07, 6.45) is 8.26. The fourth-order valence-electron chi connectivity index (χ4n) is 3.82. The van der Waals surface area contributed by atoms with Gasteiger partial charge in [-0.15, -0.1) is 0 Å². The molecule has 0 spiro atoms. The van der Waals surface area contributed by atoms with E-state index in [4.69, 9.17) is 0 Å². The van der Waals surface area contributed by atoms with Crippen molar-refractivity contribution >= 4 is 0 Å².